The van der Waals surface area contributed by atoms with Crippen LogP contribution in [-0.2, 0) is 0 Å². The first-order valence-electron chi connectivity index (χ1n) is 4.83. The van der Waals surface area contributed by atoms with Crippen LogP contribution in [-0.4, -0.2) is 12.7 Å². The van der Waals surface area contributed by atoms with Crippen LogP contribution < -0.4 is 9.47 Å². The minimum Gasteiger partial charge on any atom is -0.490 e. The first-order chi connectivity index (χ1) is 7.04. The smallest absolute Gasteiger partial charge is 0.180 e. The molecule has 0 aliphatic carbocycles. The number of halogens is 2. The summed E-state index contributed by atoms with van der Waals surface area (Å²) in [6, 6.07) is 3.35. The highest BCUT2D eigenvalue weighted by atomic mass is 35.5. The van der Waals surface area contributed by atoms with Crippen molar-refractivity contribution in [3.63, 3.8) is 0 Å². The zero-order valence-electron chi connectivity index (χ0n) is 9.01. The van der Waals surface area contributed by atoms with Crippen molar-refractivity contribution >= 4 is 23.2 Å². The highest BCUT2D eigenvalue weighted by Crippen LogP contribution is 2.38. The van der Waals surface area contributed by atoms with Gasteiger partial charge in [-0.1, -0.05) is 23.2 Å². The third-order valence-corrected chi connectivity index (χ3v) is 2.13. The first kappa shape index (κ1) is 12.5. The Labute approximate surface area is 100 Å². The minimum atomic E-state index is 0.0443. The zero-order chi connectivity index (χ0) is 11.4. The lowest BCUT2D eigenvalue weighted by Gasteiger charge is -2.16. The number of rotatable bonds is 4. The highest BCUT2D eigenvalue weighted by Gasteiger charge is 2.13. The van der Waals surface area contributed by atoms with Crippen LogP contribution in [0.3, 0.4) is 0 Å². The Morgan fingerprint density at radius 2 is 1.93 bits per heavy atom. The molecule has 15 heavy (non-hydrogen) atoms. The molecule has 0 radical (unpaired) electrons. The predicted octanol–water partition coefficient (Wildman–Crippen LogP) is 4.18. The Morgan fingerprint density at radius 1 is 1.27 bits per heavy atom. The third kappa shape index (κ3) is 3.47. The van der Waals surface area contributed by atoms with E-state index in [4.69, 9.17) is 32.7 Å². The lowest BCUT2D eigenvalue weighted by molar-refractivity contribution is 0.224. The molecule has 0 unspecified atom stereocenters. The summed E-state index contributed by atoms with van der Waals surface area (Å²) in [5, 5.41) is 1.01. The molecule has 0 fully saturated rings. The zero-order valence-corrected chi connectivity index (χ0v) is 10.5. The molecule has 0 aliphatic rings. The van der Waals surface area contributed by atoms with E-state index in [0.29, 0.717) is 28.2 Å². The lowest BCUT2D eigenvalue weighted by atomic mass is 10.3. The summed E-state index contributed by atoms with van der Waals surface area (Å²) in [6.45, 7) is 6.31. The first-order valence-corrected chi connectivity index (χ1v) is 5.58. The van der Waals surface area contributed by atoms with Gasteiger partial charge in [-0.2, -0.15) is 0 Å². The van der Waals surface area contributed by atoms with E-state index in [1.807, 2.05) is 20.8 Å². The Morgan fingerprint density at radius 3 is 2.47 bits per heavy atom. The van der Waals surface area contributed by atoms with E-state index in [2.05, 4.69) is 0 Å². The largest absolute Gasteiger partial charge is 0.490 e. The van der Waals surface area contributed by atoms with E-state index in [0.717, 1.165) is 0 Å². The summed E-state index contributed by atoms with van der Waals surface area (Å²) in [7, 11) is 0. The molecule has 1 aromatic rings. The molecule has 0 spiro atoms. The molecular weight excluding hydrogens is 235 g/mol. The van der Waals surface area contributed by atoms with Crippen LogP contribution >= 0.6 is 23.2 Å². The molecule has 2 nitrogen and oxygen atoms in total. The summed E-state index contributed by atoms with van der Waals surface area (Å²) in [5.74, 6) is 1.14. The van der Waals surface area contributed by atoms with Gasteiger partial charge in [0.1, 0.15) is 0 Å². The second-order valence-electron chi connectivity index (χ2n) is 3.31. The molecule has 0 atom stereocenters. The van der Waals surface area contributed by atoms with Gasteiger partial charge in [-0.05, 0) is 26.8 Å². The maximum atomic E-state index is 6.03. The summed E-state index contributed by atoms with van der Waals surface area (Å²) >= 11 is 11.9. The van der Waals surface area contributed by atoms with Gasteiger partial charge in [-0.3, -0.25) is 0 Å². The van der Waals surface area contributed by atoms with Gasteiger partial charge in [0.25, 0.3) is 0 Å². The summed E-state index contributed by atoms with van der Waals surface area (Å²) in [5.41, 5.74) is 0. The fraction of sp³-hybridized carbons (Fsp3) is 0.455. The lowest BCUT2D eigenvalue weighted by Crippen LogP contribution is -2.07. The number of hydrogen-bond donors (Lipinski definition) is 0. The highest BCUT2D eigenvalue weighted by molar-refractivity contribution is 6.35. The van der Waals surface area contributed by atoms with E-state index in [9.17, 15) is 0 Å². The average Bonchev–Trinajstić information content (AvgIpc) is 2.11. The molecule has 0 aliphatic heterocycles. The molecule has 0 saturated heterocycles. The fourth-order valence-electron chi connectivity index (χ4n) is 1.15. The van der Waals surface area contributed by atoms with Crippen LogP contribution in [0.25, 0.3) is 0 Å². The monoisotopic (exact) mass is 248 g/mol. The minimum absolute atomic E-state index is 0.0443. The van der Waals surface area contributed by atoms with Crippen molar-refractivity contribution in [1.82, 2.24) is 0 Å². The maximum Gasteiger partial charge on any atom is 0.180 e. The maximum absolute atomic E-state index is 6.03. The number of ether oxygens (including phenoxy) is 2. The van der Waals surface area contributed by atoms with Gasteiger partial charge in [0.05, 0.1) is 17.7 Å². The van der Waals surface area contributed by atoms with Crippen molar-refractivity contribution in [2.24, 2.45) is 0 Å². The van der Waals surface area contributed by atoms with Crippen molar-refractivity contribution in [1.29, 1.82) is 0 Å². The van der Waals surface area contributed by atoms with E-state index < -0.39 is 0 Å². The van der Waals surface area contributed by atoms with Gasteiger partial charge in [0, 0.05) is 11.1 Å². The second-order valence-corrected chi connectivity index (χ2v) is 4.16. The summed E-state index contributed by atoms with van der Waals surface area (Å²) < 4.78 is 11.0. The molecule has 0 bridgehead atoms. The Bertz CT molecular complexity index is 338. The molecule has 0 saturated carbocycles. The molecule has 0 amide bonds. The Hall–Kier alpha value is -0.600. The van der Waals surface area contributed by atoms with Crippen molar-refractivity contribution in [2.45, 2.75) is 26.9 Å². The van der Waals surface area contributed by atoms with Crippen LogP contribution in [0.15, 0.2) is 12.1 Å². The quantitative estimate of drug-likeness (QED) is 0.796. The number of benzene rings is 1. The van der Waals surface area contributed by atoms with Crippen molar-refractivity contribution in [2.75, 3.05) is 6.61 Å². The van der Waals surface area contributed by atoms with Gasteiger partial charge in [0.15, 0.2) is 11.5 Å². The van der Waals surface area contributed by atoms with Gasteiger partial charge in [-0.15, -0.1) is 0 Å². The molecule has 4 heteroatoms. The van der Waals surface area contributed by atoms with Crippen molar-refractivity contribution in [3.05, 3.63) is 22.2 Å². The standard InChI is InChI=1S/C11H14Cl2O2/c1-4-14-10-6-8(12)5-9(13)11(10)15-7(2)3/h5-7H,4H2,1-3H3. The van der Waals surface area contributed by atoms with E-state index in [1.165, 1.54) is 0 Å². The molecule has 1 aromatic carbocycles. The molecule has 84 valence electrons. The third-order valence-electron chi connectivity index (χ3n) is 1.63. The van der Waals surface area contributed by atoms with Crippen LogP contribution in [0.4, 0.5) is 0 Å². The fourth-order valence-corrected chi connectivity index (χ4v) is 1.67. The van der Waals surface area contributed by atoms with E-state index >= 15 is 0 Å². The van der Waals surface area contributed by atoms with E-state index in [1.54, 1.807) is 12.1 Å². The molecule has 0 heterocycles. The SMILES string of the molecule is CCOc1cc(Cl)cc(Cl)c1OC(C)C. The Kier molecular flexibility index (Phi) is 4.55. The Balaban J connectivity index is 3.08. The molecule has 1 rings (SSSR count). The molecule has 0 N–H and O–H groups in total. The van der Waals surface area contributed by atoms with Crippen LogP contribution in [0.1, 0.15) is 20.8 Å². The summed E-state index contributed by atoms with van der Waals surface area (Å²) in [6.07, 6.45) is 0.0443. The molecular formula is C11H14Cl2O2. The van der Waals surface area contributed by atoms with Gasteiger partial charge in [-0.25, -0.2) is 0 Å². The van der Waals surface area contributed by atoms with Crippen LogP contribution in [0.2, 0.25) is 10.0 Å². The average molecular weight is 249 g/mol. The normalized spacial score (nSPS) is 10.5. The van der Waals surface area contributed by atoms with E-state index in [-0.39, 0.29) is 6.10 Å². The van der Waals surface area contributed by atoms with Gasteiger partial charge in [0.2, 0.25) is 0 Å². The predicted molar refractivity (Wildman–Crippen MR) is 63.4 cm³/mol. The van der Waals surface area contributed by atoms with Gasteiger partial charge < -0.3 is 9.47 Å². The van der Waals surface area contributed by atoms with Crippen LogP contribution in [0.5, 0.6) is 11.5 Å². The number of hydrogen-bond acceptors (Lipinski definition) is 2. The second kappa shape index (κ2) is 5.47. The topological polar surface area (TPSA) is 18.5 Å². The van der Waals surface area contributed by atoms with Crippen molar-refractivity contribution in [3.8, 4) is 11.5 Å². The van der Waals surface area contributed by atoms with Crippen molar-refractivity contribution < 1.29 is 9.47 Å². The van der Waals surface area contributed by atoms with Crippen LogP contribution in [0, 0.1) is 0 Å². The molecule has 0 aromatic heterocycles. The summed E-state index contributed by atoms with van der Waals surface area (Å²) in [4.78, 5) is 0. The van der Waals surface area contributed by atoms with Gasteiger partial charge >= 0.3 is 0 Å².